The molecule has 0 aliphatic heterocycles. The SMILES string of the molecule is CCc1ccc(-c2c(-c3ccccc3)sc3ncnc(C[C@H](C)CCCCC(=O)O)c23)cc1. The van der Waals surface area contributed by atoms with Gasteiger partial charge in [0.15, 0.2) is 0 Å². The van der Waals surface area contributed by atoms with Gasteiger partial charge in [-0.1, -0.05) is 81.3 Å². The Morgan fingerprint density at radius 3 is 2.45 bits per heavy atom. The number of carboxylic acid groups (broad SMARTS) is 1. The van der Waals surface area contributed by atoms with Crippen LogP contribution in [0.2, 0.25) is 0 Å². The monoisotopic (exact) mass is 458 g/mol. The van der Waals surface area contributed by atoms with Crippen molar-refractivity contribution < 1.29 is 9.90 Å². The van der Waals surface area contributed by atoms with Crippen molar-refractivity contribution in [1.29, 1.82) is 0 Å². The average Bonchev–Trinajstić information content (AvgIpc) is 3.23. The molecule has 4 rings (SSSR count). The van der Waals surface area contributed by atoms with Crippen molar-refractivity contribution in [1.82, 2.24) is 9.97 Å². The van der Waals surface area contributed by atoms with Crippen molar-refractivity contribution in [3.05, 3.63) is 72.2 Å². The zero-order valence-corrected chi connectivity index (χ0v) is 20.1. The maximum Gasteiger partial charge on any atom is 0.303 e. The van der Waals surface area contributed by atoms with E-state index in [4.69, 9.17) is 10.1 Å². The van der Waals surface area contributed by atoms with E-state index < -0.39 is 5.97 Å². The number of hydrogen-bond acceptors (Lipinski definition) is 4. The molecule has 2 aromatic carbocycles. The van der Waals surface area contributed by atoms with E-state index in [9.17, 15) is 4.79 Å². The smallest absolute Gasteiger partial charge is 0.303 e. The third-order valence-corrected chi connectivity index (χ3v) is 7.28. The Bertz CT molecular complexity index is 1220. The van der Waals surface area contributed by atoms with Crippen molar-refractivity contribution in [3.8, 4) is 21.6 Å². The molecule has 0 aliphatic carbocycles. The minimum atomic E-state index is -0.717. The molecule has 33 heavy (non-hydrogen) atoms. The maximum atomic E-state index is 10.8. The lowest BCUT2D eigenvalue weighted by Crippen LogP contribution is -2.04. The largest absolute Gasteiger partial charge is 0.481 e. The first-order valence-corrected chi connectivity index (χ1v) is 12.5. The maximum absolute atomic E-state index is 10.8. The molecule has 0 spiro atoms. The van der Waals surface area contributed by atoms with Gasteiger partial charge in [-0.2, -0.15) is 0 Å². The highest BCUT2D eigenvalue weighted by Crippen LogP contribution is 2.45. The topological polar surface area (TPSA) is 63.1 Å². The summed E-state index contributed by atoms with van der Waals surface area (Å²) in [5.41, 5.74) is 6.02. The molecule has 0 amide bonds. The van der Waals surface area contributed by atoms with E-state index in [1.54, 1.807) is 17.7 Å². The van der Waals surface area contributed by atoms with E-state index in [1.807, 2.05) is 6.07 Å². The van der Waals surface area contributed by atoms with Crippen molar-refractivity contribution >= 4 is 27.5 Å². The molecule has 4 aromatic rings. The van der Waals surface area contributed by atoms with Crippen LogP contribution in [0.5, 0.6) is 0 Å². The van der Waals surface area contributed by atoms with E-state index in [0.29, 0.717) is 5.92 Å². The number of unbranched alkanes of at least 4 members (excludes halogenated alkanes) is 1. The number of hydrogen-bond donors (Lipinski definition) is 1. The lowest BCUT2D eigenvalue weighted by Gasteiger charge is -2.13. The zero-order valence-electron chi connectivity index (χ0n) is 19.3. The molecule has 0 saturated carbocycles. The van der Waals surface area contributed by atoms with Crippen molar-refractivity contribution in [3.63, 3.8) is 0 Å². The fraction of sp³-hybridized carbons (Fsp3) is 0.321. The first kappa shape index (κ1) is 23.1. The third kappa shape index (κ3) is 5.48. The number of rotatable bonds is 10. The fourth-order valence-corrected chi connectivity index (χ4v) is 5.52. The molecular weight excluding hydrogens is 428 g/mol. The van der Waals surface area contributed by atoms with Crippen LogP contribution in [0.4, 0.5) is 0 Å². The number of nitrogens with zero attached hydrogens (tertiary/aromatic N) is 2. The normalized spacial score (nSPS) is 12.2. The summed E-state index contributed by atoms with van der Waals surface area (Å²) >= 11 is 1.73. The minimum absolute atomic E-state index is 0.243. The molecular formula is C28H30N2O2S. The van der Waals surface area contributed by atoms with Crippen LogP contribution in [0.25, 0.3) is 31.8 Å². The van der Waals surface area contributed by atoms with Crippen LogP contribution < -0.4 is 0 Å². The molecule has 5 heteroatoms. The number of aryl methyl sites for hydroxylation is 1. The van der Waals surface area contributed by atoms with Gasteiger partial charge in [0.2, 0.25) is 0 Å². The first-order valence-electron chi connectivity index (χ1n) is 11.7. The van der Waals surface area contributed by atoms with Gasteiger partial charge in [0, 0.05) is 22.2 Å². The molecule has 0 aliphatic rings. The average molecular weight is 459 g/mol. The highest BCUT2D eigenvalue weighted by molar-refractivity contribution is 7.22. The Balaban J connectivity index is 1.74. The summed E-state index contributed by atoms with van der Waals surface area (Å²) in [4.78, 5) is 22.4. The Kier molecular flexibility index (Phi) is 7.50. The molecule has 2 heterocycles. The van der Waals surface area contributed by atoms with Gasteiger partial charge < -0.3 is 5.11 Å². The summed E-state index contributed by atoms with van der Waals surface area (Å²) in [7, 11) is 0. The van der Waals surface area contributed by atoms with Crippen LogP contribution in [0.1, 0.15) is 50.8 Å². The fourth-order valence-electron chi connectivity index (χ4n) is 4.32. The van der Waals surface area contributed by atoms with Crippen LogP contribution in [-0.4, -0.2) is 21.0 Å². The minimum Gasteiger partial charge on any atom is -0.481 e. The quantitative estimate of drug-likeness (QED) is 0.251. The van der Waals surface area contributed by atoms with Gasteiger partial charge in [-0.15, -0.1) is 11.3 Å². The summed E-state index contributed by atoms with van der Waals surface area (Å²) < 4.78 is 0. The van der Waals surface area contributed by atoms with Gasteiger partial charge in [-0.25, -0.2) is 9.97 Å². The first-order chi connectivity index (χ1) is 16.1. The molecule has 2 aromatic heterocycles. The number of carbonyl (C=O) groups is 1. The van der Waals surface area contributed by atoms with Crippen LogP contribution >= 0.6 is 11.3 Å². The predicted octanol–water partition coefficient (Wildman–Crippen LogP) is 7.41. The lowest BCUT2D eigenvalue weighted by atomic mass is 9.93. The van der Waals surface area contributed by atoms with Crippen LogP contribution in [-0.2, 0) is 17.6 Å². The summed E-state index contributed by atoms with van der Waals surface area (Å²) in [5.74, 6) is -0.294. The van der Waals surface area contributed by atoms with Crippen molar-refractivity contribution in [2.24, 2.45) is 5.92 Å². The second-order valence-electron chi connectivity index (χ2n) is 8.67. The molecule has 0 saturated heterocycles. The summed E-state index contributed by atoms with van der Waals surface area (Å²) in [6, 6.07) is 19.4. The van der Waals surface area contributed by atoms with Crippen LogP contribution in [0.15, 0.2) is 60.9 Å². The lowest BCUT2D eigenvalue weighted by molar-refractivity contribution is -0.137. The van der Waals surface area contributed by atoms with E-state index in [2.05, 4.69) is 67.4 Å². The Hall–Kier alpha value is -3.05. The molecule has 0 radical (unpaired) electrons. The standard InChI is InChI=1S/C28H30N2O2S/c1-3-20-13-15-21(16-14-20)25-26-23(17-19(2)9-7-8-12-24(31)32)29-18-30-28(26)33-27(25)22-10-5-4-6-11-22/h4-6,10-11,13-16,18-19H,3,7-9,12,17H2,1-2H3,(H,31,32)/t19-/m1/s1. The summed E-state index contributed by atoms with van der Waals surface area (Å²) in [6.45, 7) is 4.41. The highest BCUT2D eigenvalue weighted by atomic mass is 32.1. The molecule has 0 bridgehead atoms. The second-order valence-corrected chi connectivity index (χ2v) is 9.67. The number of aromatic nitrogens is 2. The van der Waals surface area contributed by atoms with Gasteiger partial charge >= 0.3 is 5.97 Å². The molecule has 0 fully saturated rings. The highest BCUT2D eigenvalue weighted by Gasteiger charge is 2.21. The number of benzene rings is 2. The summed E-state index contributed by atoms with van der Waals surface area (Å²) in [6.07, 6.45) is 6.45. The van der Waals surface area contributed by atoms with E-state index >= 15 is 0 Å². The van der Waals surface area contributed by atoms with E-state index in [0.717, 1.165) is 48.0 Å². The Labute approximate surface area is 199 Å². The molecule has 0 unspecified atom stereocenters. The predicted molar refractivity (Wildman–Crippen MR) is 137 cm³/mol. The van der Waals surface area contributed by atoms with Gasteiger partial charge in [0.1, 0.15) is 11.2 Å². The number of carboxylic acids is 1. The molecule has 1 N–H and O–H groups in total. The number of thiophene rings is 1. The van der Waals surface area contributed by atoms with Gasteiger partial charge in [-0.05, 0) is 41.9 Å². The van der Waals surface area contributed by atoms with Gasteiger partial charge in [0.25, 0.3) is 0 Å². The van der Waals surface area contributed by atoms with E-state index in [-0.39, 0.29) is 6.42 Å². The van der Waals surface area contributed by atoms with Crippen molar-refractivity contribution in [2.75, 3.05) is 0 Å². The second kappa shape index (κ2) is 10.7. The van der Waals surface area contributed by atoms with Crippen LogP contribution in [0.3, 0.4) is 0 Å². The van der Waals surface area contributed by atoms with Gasteiger partial charge in [0.05, 0.1) is 5.69 Å². The Morgan fingerprint density at radius 2 is 1.76 bits per heavy atom. The molecule has 4 nitrogen and oxygen atoms in total. The van der Waals surface area contributed by atoms with E-state index in [1.165, 1.54) is 27.1 Å². The van der Waals surface area contributed by atoms with Crippen LogP contribution in [0, 0.1) is 5.92 Å². The number of aliphatic carboxylic acids is 1. The zero-order chi connectivity index (χ0) is 23.2. The molecule has 170 valence electrons. The number of fused-ring (bicyclic) bond motifs is 1. The van der Waals surface area contributed by atoms with Gasteiger partial charge in [-0.3, -0.25) is 4.79 Å². The van der Waals surface area contributed by atoms with Crippen molar-refractivity contribution in [2.45, 2.75) is 52.4 Å². The third-order valence-electron chi connectivity index (χ3n) is 6.13. The molecule has 1 atom stereocenters. The Morgan fingerprint density at radius 1 is 1.00 bits per heavy atom. The summed E-state index contributed by atoms with van der Waals surface area (Å²) in [5, 5.41) is 10.0.